The molecule has 2 atom stereocenters. The van der Waals surface area contributed by atoms with Crippen LogP contribution >= 0.6 is 0 Å². The van der Waals surface area contributed by atoms with Gasteiger partial charge in [0.2, 0.25) is 0 Å². The molecule has 2 saturated heterocycles. The molecular weight excluding hydrogens is 261 g/mol. The zero-order valence-electron chi connectivity index (χ0n) is 11.7. The number of hydrogen-bond acceptors (Lipinski definition) is 5. The Morgan fingerprint density at radius 2 is 2.15 bits per heavy atom. The molecule has 1 aromatic rings. The third kappa shape index (κ3) is 2.62. The van der Waals surface area contributed by atoms with Gasteiger partial charge in [0.1, 0.15) is 12.4 Å². The number of rotatable bonds is 3. The number of ether oxygens (including phenoxy) is 2. The molecule has 2 aliphatic rings. The molecule has 0 aromatic carbocycles. The normalized spacial score (nSPS) is 27.0. The van der Waals surface area contributed by atoms with Crippen LogP contribution in [-0.2, 0) is 15.9 Å². The van der Waals surface area contributed by atoms with E-state index in [4.69, 9.17) is 9.47 Å². The van der Waals surface area contributed by atoms with Gasteiger partial charge in [0.15, 0.2) is 11.6 Å². The lowest BCUT2D eigenvalue weighted by Crippen LogP contribution is -2.48. The second kappa shape index (κ2) is 6.01. The van der Waals surface area contributed by atoms with Crippen LogP contribution in [0.25, 0.3) is 0 Å². The highest BCUT2D eigenvalue weighted by Crippen LogP contribution is 2.25. The molecule has 3 heterocycles. The highest BCUT2D eigenvalue weighted by molar-refractivity contribution is 5.41. The quantitative estimate of drug-likeness (QED) is 0.841. The standard InChI is InChI=1S/C14H20FN3O2/c1-2-10-13(15)14(17-9-16-10)18-5-7-20-12(8-18)11-4-3-6-19-11/h9,11-12H,2-8H2,1H3. The van der Waals surface area contributed by atoms with Crippen LogP contribution in [0.2, 0.25) is 0 Å². The van der Waals surface area contributed by atoms with Gasteiger partial charge in [0.25, 0.3) is 0 Å². The SMILES string of the molecule is CCc1ncnc(N2CCOC(C3CCCO3)C2)c1F. The van der Waals surface area contributed by atoms with Gasteiger partial charge < -0.3 is 14.4 Å². The van der Waals surface area contributed by atoms with Crippen LogP contribution in [0.3, 0.4) is 0 Å². The summed E-state index contributed by atoms with van der Waals surface area (Å²) in [5.74, 6) is 0.0890. The Morgan fingerprint density at radius 1 is 1.30 bits per heavy atom. The predicted molar refractivity (Wildman–Crippen MR) is 72.3 cm³/mol. The maximum absolute atomic E-state index is 14.3. The first-order valence-electron chi connectivity index (χ1n) is 7.27. The van der Waals surface area contributed by atoms with E-state index in [-0.39, 0.29) is 18.0 Å². The summed E-state index contributed by atoms with van der Waals surface area (Å²) in [6, 6.07) is 0. The Hall–Kier alpha value is -1.27. The molecule has 110 valence electrons. The fourth-order valence-corrected chi connectivity index (χ4v) is 2.85. The van der Waals surface area contributed by atoms with E-state index in [9.17, 15) is 4.39 Å². The number of nitrogens with zero attached hydrogens (tertiary/aromatic N) is 3. The minimum Gasteiger partial charge on any atom is -0.375 e. The fourth-order valence-electron chi connectivity index (χ4n) is 2.85. The first kappa shape index (κ1) is 13.7. The summed E-state index contributed by atoms with van der Waals surface area (Å²) < 4.78 is 25.8. The number of aromatic nitrogens is 2. The van der Waals surface area contributed by atoms with E-state index in [1.54, 1.807) is 0 Å². The second-order valence-electron chi connectivity index (χ2n) is 5.22. The molecule has 0 radical (unpaired) electrons. The largest absolute Gasteiger partial charge is 0.375 e. The smallest absolute Gasteiger partial charge is 0.187 e. The highest BCUT2D eigenvalue weighted by atomic mass is 19.1. The van der Waals surface area contributed by atoms with Crippen molar-refractivity contribution in [3.05, 3.63) is 17.8 Å². The molecule has 20 heavy (non-hydrogen) atoms. The van der Waals surface area contributed by atoms with E-state index in [1.807, 2.05) is 11.8 Å². The number of anilines is 1. The van der Waals surface area contributed by atoms with Gasteiger partial charge in [-0.15, -0.1) is 0 Å². The van der Waals surface area contributed by atoms with E-state index in [0.717, 1.165) is 19.4 Å². The van der Waals surface area contributed by atoms with Crippen molar-refractivity contribution >= 4 is 5.82 Å². The Morgan fingerprint density at radius 3 is 2.90 bits per heavy atom. The third-order valence-electron chi connectivity index (χ3n) is 3.95. The average molecular weight is 281 g/mol. The Labute approximate surface area is 118 Å². The monoisotopic (exact) mass is 281 g/mol. The minimum absolute atomic E-state index is 0.00527. The molecule has 6 heteroatoms. The van der Waals surface area contributed by atoms with Crippen molar-refractivity contribution < 1.29 is 13.9 Å². The molecule has 0 aliphatic carbocycles. The van der Waals surface area contributed by atoms with Gasteiger partial charge in [-0.2, -0.15) is 0 Å². The topological polar surface area (TPSA) is 47.5 Å². The zero-order chi connectivity index (χ0) is 13.9. The van der Waals surface area contributed by atoms with Crippen molar-refractivity contribution in [1.29, 1.82) is 0 Å². The molecule has 0 spiro atoms. The molecule has 2 unspecified atom stereocenters. The fraction of sp³-hybridized carbons (Fsp3) is 0.714. The number of hydrogen-bond donors (Lipinski definition) is 0. The van der Waals surface area contributed by atoms with Gasteiger partial charge in [0.05, 0.1) is 18.4 Å². The van der Waals surface area contributed by atoms with Crippen LogP contribution in [0.15, 0.2) is 6.33 Å². The average Bonchev–Trinajstić information content (AvgIpc) is 3.02. The van der Waals surface area contributed by atoms with Crippen LogP contribution in [0.1, 0.15) is 25.5 Å². The van der Waals surface area contributed by atoms with Crippen molar-refractivity contribution in [2.24, 2.45) is 0 Å². The summed E-state index contributed by atoms with van der Waals surface area (Å²) in [6.07, 6.45) is 4.24. The molecular formula is C14H20FN3O2. The van der Waals surface area contributed by atoms with Crippen LogP contribution in [0.5, 0.6) is 0 Å². The summed E-state index contributed by atoms with van der Waals surface area (Å²) in [5, 5.41) is 0. The van der Waals surface area contributed by atoms with Crippen molar-refractivity contribution in [2.45, 2.75) is 38.4 Å². The van der Waals surface area contributed by atoms with Gasteiger partial charge >= 0.3 is 0 Å². The first-order chi connectivity index (χ1) is 9.79. The Kier molecular flexibility index (Phi) is 4.12. The lowest BCUT2D eigenvalue weighted by molar-refractivity contribution is -0.0545. The van der Waals surface area contributed by atoms with Crippen molar-refractivity contribution in [2.75, 3.05) is 31.2 Å². The van der Waals surface area contributed by atoms with E-state index >= 15 is 0 Å². The van der Waals surface area contributed by atoms with E-state index < -0.39 is 0 Å². The molecule has 2 fully saturated rings. The molecule has 0 bridgehead atoms. The lowest BCUT2D eigenvalue weighted by atomic mass is 10.1. The van der Waals surface area contributed by atoms with Gasteiger partial charge in [-0.1, -0.05) is 6.92 Å². The molecule has 0 saturated carbocycles. The summed E-state index contributed by atoms with van der Waals surface area (Å²) in [5.41, 5.74) is 0.468. The van der Waals surface area contributed by atoms with Crippen molar-refractivity contribution in [1.82, 2.24) is 9.97 Å². The van der Waals surface area contributed by atoms with Crippen LogP contribution in [0.4, 0.5) is 10.2 Å². The predicted octanol–water partition coefficient (Wildman–Crippen LogP) is 1.56. The third-order valence-corrected chi connectivity index (χ3v) is 3.95. The summed E-state index contributed by atoms with van der Waals surface area (Å²) in [7, 11) is 0. The number of morpholine rings is 1. The van der Waals surface area contributed by atoms with Gasteiger partial charge in [-0.25, -0.2) is 14.4 Å². The zero-order valence-corrected chi connectivity index (χ0v) is 11.7. The number of halogens is 1. The molecule has 0 N–H and O–H groups in total. The second-order valence-corrected chi connectivity index (χ2v) is 5.22. The molecule has 5 nitrogen and oxygen atoms in total. The van der Waals surface area contributed by atoms with Crippen LogP contribution < -0.4 is 4.90 Å². The number of aryl methyl sites for hydroxylation is 1. The van der Waals surface area contributed by atoms with E-state index in [2.05, 4.69) is 9.97 Å². The maximum atomic E-state index is 14.3. The minimum atomic E-state index is -0.303. The van der Waals surface area contributed by atoms with E-state index in [1.165, 1.54) is 6.33 Å². The van der Waals surface area contributed by atoms with Crippen LogP contribution in [-0.4, -0.2) is 48.5 Å². The van der Waals surface area contributed by atoms with Crippen LogP contribution in [0, 0.1) is 5.82 Å². The Bertz CT molecular complexity index is 466. The summed E-state index contributed by atoms with van der Waals surface area (Å²) >= 11 is 0. The summed E-state index contributed by atoms with van der Waals surface area (Å²) in [4.78, 5) is 10.0. The van der Waals surface area contributed by atoms with E-state index in [0.29, 0.717) is 37.6 Å². The van der Waals surface area contributed by atoms with Gasteiger partial charge in [0, 0.05) is 19.7 Å². The molecule has 1 aromatic heterocycles. The summed E-state index contributed by atoms with van der Waals surface area (Å²) in [6.45, 7) is 4.55. The molecule has 3 rings (SSSR count). The molecule has 2 aliphatic heterocycles. The van der Waals surface area contributed by atoms with Gasteiger partial charge in [-0.05, 0) is 19.3 Å². The Balaban J connectivity index is 1.76. The van der Waals surface area contributed by atoms with Crippen molar-refractivity contribution in [3.8, 4) is 0 Å². The maximum Gasteiger partial charge on any atom is 0.187 e. The highest BCUT2D eigenvalue weighted by Gasteiger charge is 2.32. The lowest BCUT2D eigenvalue weighted by Gasteiger charge is -2.36. The van der Waals surface area contributed by atoms with Gasteiger partial charge in [-0.3, -0.25) is 0 Å². The first-order valence-corrected chi connectivity index (χ1v) is 7.27. The molecule has 0 amide bonds. The van der Waals surface area contributed by atoms with Crippen molar-refractivity contribution in [3.63, 3.8) is 0 Å².